The van der Waals surface area contributed by atoms with Crippen molar-refractivity contribution >= 4 is 32.4 Å². The zero-order valence-electron chi connectivity index (χ0n) is 10.8. The molecule has 0 saturated carbocycles. The number of hydrogen-bond donors (Lipinski definition) is 0. The molecule has 0 heterocycles. The summed E-state index contributed by atoms with van der Waals surface area (Å²) >= 11 is 0. The Balaban J connectivity index is 2.39. The third kappa shape index (κ3) is 1.99. The molecule has 0 atom stereocenters. The van der Waals surface area contributed by atoms with Gasteiger partial charge in [-0.2, -0.15) is 0 Å². The topological polar surface area (TPSA) is 0 Å². The lowest BCUT2D eigenvalue weighted by Crippen LogP contribution is -2.00. The first-order valence-corrected chi connectivity index (χ1v) is 8.40. The molecule has 3 aromatic rings. The highest BCUT2D eigenvalue weighted by Crippen LogP contribution is 2.29. The third-order valence-electron chi connectivity index (χ3n) is 3.30. The van der Waals surface area contributed by atoms with E-state index >= 15 is 0 Å². The average Bonchev–Trinajstić information content (AvgIpc) is 2.38. The van der Waals surface area contributed by atoms with Gasteiger partial charge in [0, 0.05) is 5.56 Å². The van der Waals surface area contributed by atoms with Crippen molar-refractivity contribution in [3.8, 4) is 0 Å². The van der Waals surface area contributed by atoms with E-state index in [1.54, 1.807) is 0 Å². The van der Waals surface area contributed by atoms with Gasteiger partial charge in [0.1, 0.15) is 5.75 Å². The maximum atomic E-state index is 2.37. The number of benzene rings is 3. The van der Waals surface area contributed by atoms with Gasteiger partial charge in [0.15, 0.2) is 0 Å². The predicted octanol–water partition coefficient (Wildman–Crippen LogP) is 4.37. The van der Waals surface area contributed by atoms with Gasteiger partial charge in [0.2, 0.25) is 0 Å². The fraction of sp³-hybridized carbons (Fsp3) is 0.176. The number of hydrogen-bond acceptors (Lipinski definition) is 0. The molecular weight excluding hydrogens is 236 g/mol. The molecule has 0 fully saturated rings. The van der Waals surface area contributed by atoms with Gasteiger partial charge in [-0.05, 0) is 38.5 Å². The standard InChI is InChI=1S/C17H17S/c1-18(2)12-14-11-13-7-3-4-8-15(13)17-10-6-5-9-16(14)17/h3-11H,12H2,1-2H3/q+1. The Morgan fingerprint density at radius 1 is 0.778 bits per heavy atom. The molecule has 0 unspecified atom stereocenters. The van der Waals surface area contributed by atoms with E-state index in [4.69, 9.17) is 0 Å². The Bertz CT molecular complexity index is 698. The van der Waals surface area contributed by atoms with Crippen LogP contribution < -0.4 is 0 Å². The van der Waals surface area contributed by atoms with Crippen LogP contribution >= 0.6 is 0 Å². The van der Waals surface area contributed by atoms with Crippen LogP contribution in [0.1, 0.15) is 5.56 Å². The van der Waals surface area contributed by atoms with E-state index in [2.05, 4.69) is 67.1 Å². The molecule has 90 valence electrons. The Kier molecular flexibility index (Phi) is 3.00. The summed E-state index contributed by atoms with van der Waals surface area (Å²) in [6.45, 7) is 0. The summed E-state index contributed by atoms with van der Waals surface area (Å²) in [6, 6.07) is 19.8. The summed E-state index contributed by atoms with van der Waals surface area (Å²) in [5, 5.41) is 5.52. The molecule has 18 heavy (non-hydrogen) atoms. The molecule has 3 aromatic carbocycles. The molecule has 3 rings (SSSR count). The van der Waals surface area contributed by atoms with Crippen LogP contribution in [-0.4, -0.2) is 12.5 Å². The molecule has 0 aliphatic carbocycles. The maximum Gasteiger partial charge on any atom is 0.133 e. The summed E-state index contributed by atoms with van der Waals surface area (Å²) in [5.41, 5.74) is 1.48. The summed E-state index contributed by atoms with van der Waals surface area (Å²) < 4.78 is 0. The summed E-state index contributed by atoms with van der Waals surface area (Å²) in [6.07, 6.45) is 4.62. The Labute approximate surface area is 111 Å². The van der Waals surface area contributed by atoms with Crippen LogP contribution in [-0.2, 0) is 16.6 Å². The molecular formula is C17H17S+. The highest BCUT2D eigenvalue weighted by Gasteiger charge is 2.11. The van der Waals surface area contributed by atoms with Gasteiger partial charge < -0.3 is 0 Å². The van der Waals surface area contributed by atoms with E-state index in [-0.39, 0.29) is 0 Å². The third-order valence-corrected chi connectivity index (χ3v) is 4.19. The molecule has 0 bridgehead atoms. The van der Waals surface area contributed by atoms with E-state index in [1.807, 2.05) is 0 Å². The van der Waals surface area contributed by atoms with Gasteiger partial charge in [-0.15, -0.1) is 0 Å². The molecule has 0 spiro atoms. The van der Waals surface area contributed by atoms with Crippen LogP contribution in [0.15, 0.2) is 54.6 Å². The minimum atomic E-state index is 0.435. The SMILES string of the molecule is C[S+](C)Cc1cc2ccccc2c2ccccc12. The van der Waals surface area contributed by atoms with Gasteiger partial charge in [-0.25, -0.2) is 0 Å². The van der Waals surface area contributed by atoms with Crippen molar-refractivity contribution in [3.63, 3.8) is 0 Å². The quantitative estimate of drug-likeness (QED) is 0.470. The van der Waals surface area contributed by atoms with Gasteiger partial charge in [0.25, 0.3) is 0 Å². The van der Waals surface area contributed by atoms with E-state index in [1.165, 1.54) is 32.9 Å². The zero-order chi connectivity index (χ0) is 12.5. The van der Waals surface area contributed by atoms with Crippen molar-refractivity contribution in [2.45, 2.75) is 5.75 Å². The zero-order valence-corrected chi connectivity index (χ0v) is 11.6. The second-order valence-corrected chi connectivity index (χ2v) is 7.19. The lowest BCUT2D eigenvalue weighted by Gasteiger charge is -2.09. The largest absolute Gasteiger partial charge is 0.133 e. The van der Waals surface area contributed by atoms with Crippen molar-refractivity contribution < 1.29 is 0 Å². The van der Waals surface area contributed by atoms with Crippen LogP contribution in [0.2, 0.25) is 0 Å². The molecule has 0 saturated heterocycles. The highest BCUT2D eigenvalue weighted by molar-refractivity contribution is 7.94. The van der Waals surface area contributed by atoms with E-state index in [0.29, 0.717) is 10.9 Å². The molecule has 0 aliphatic rings. The van der Waals surface area contributed by atoms with Gasteiger partial charge >= 0.3 is 0 Å². The molecule has 0 radical (unpaired) electrons. The number of fused-ring (bicyclic) bond motifs is 3. The van der Waals surface area contributed by atoms with Crippen molar-refractivity contribution in [3.05, 3.63) is 60.2 Å². The van der Waals surface area contributed by atoms with E-state index in [9.17, 15) is 0 Å². The second-order valence-electron chi connectivity index (χ2n) is 4.93. The van der Waals surface area contributed by atoms with Crippen molar-refractivity contribution in [2.24, 2.45) is 0 Å². The normalized spacial score (nSPS) is 11.5. The summed E-state index contributed by atoms with van der Waals surface area (Å²) in [4.78, 5) is 0. The first kappa shape index (κ1) is 11.6. The van der Waals surface area contributed by atoms with Crippen LogP contribution in [0.5, 0.6) is 0 Å². The smallest absolute Gasteiger partial charge is 0.0616 e. The van der Waals surface area contributed by atoms with Crippen molar-refractivity contribution in [1.82, 2.24) is 0 Å². The number of rotatable bonds is 2. The van der Waals surface area contributed by atoms with E-state index < -0.39 is 0 Å². The van der Waals surface area contributed by atoms with Gasteiger partial charge in [-0.3, -0.25) is 0 Å². The molecule has 0 aliphatic heterocycles. The van der Waals surface area contributed by atoms with Crippen LogP contribution in [0.4, 0.5) is 0 Å². The summed E-state index contributed by atoms with van der Waals surface area (Å²) in [5.74, 6) is 1.17. The van der Waals surface area contributed by atoms with Gasteiger partial charge in [-0.1, -0.05) is 48.5 Å². The fourth-order valence-corrected chi connectivity index (χ4v) is 3.42. The van der Waals surface area contributed by atoms with Crippen molar-refractivity contribution in [2.75, 3.05) is 12.5 Å². The monoisotopic (exact) mass is 253 g/mol. The highest BCUT2D eigenvalue weighted by atomic mass is 32.2. The van der Waals surface area contributed by atoms with E-state index in [0.717, 1.165) is 0 Å². The minimum Gasteiger partial charge on any atom is -0.0616 e. The van der Waals surface area contributed by atoms with Crippen molar-refractivity contribution in [1.29, 1.82) is 0 Å². The molecule has 0 amide bonds. The summed E-state index contributed by atoms with van der Waals surface area (Å²) in [7, 11) is 0.435. The molecule has 0 nitrogen and oxygen atoms in total. The minimum absolute atomic E-state index is 0.435. The molecule has 0 N–H and O–H groups in total. The average molecular weight is 253 g/mol. The first-order chi connectivity index (χ1) is 8.75. The Hall–Kier alpha value is -1.47. The van der Waals surface area contributed by atoms with Gasteiger partial charge in [0.05, 0.1) is 12.5 Å². The first-order valence-electron chi connectivity index (χ1n) is 6.19. The van der Waals surface area contributed by atoms with Crippen LogP contribution in [0.3, 0.4) is 0 Å². The maximum absolute atomic E-state index is 2.37. The fourth-order valence-electron chi connectivity index (χ4n) is 2.56. The predicted molar refractivity (Wildman–Crippen MR) is 84.4 cm³/mol. The Morgan fingerprint density at radius 3 is 2.11 bits per heavy atom. The lowest BCUT2D eigenvalue weighted by atomic mass is 9.98. The molecule has 0 aromatic heterocycles. The van der Waals surface area contributed by atoms with Crippen LogP contribution in [0, 0.1) is 0 Å². The lowest BCUT2D eigenvalue weighted by molar-refractivity contribution is 1.47. The van der Waals surface area contributed by atoms with Crippen LogP contribution in [0.25, 0.3) is 21.5 Å². The Morgan fingerprint density at radius 2 is 1.39 bits per heavy atom. The molecule has 1 heteroatoms. The second kappa shape index (κ2) is 4.66.